The summed E-state index contributed by atoms with van der Waals surface area (Å²) < 4.78 is 11.7. The number of nitrogens with one attached hydrogen (secondary N) is 1. The van der Waals surface area contributed by atoms with E-state index in [-0.39, 0.29) is 0 Å². The SMILES string of the molecule is COc1ccc(CC2CCNCC2)c(OC)c1Br. The second kappa shape index (κ2) is 6.43. The smallest absolute Gasteiger partial charge is 0.140 e. The van der Waals surface area contributed by atoms with Gasteiger partial charge in [-0.2, -0.15) is 0 Å². The van der Waals surface area contributed by atoms with Crippen molar-refractivity contribution in [2.75, 3.05) is 27.3 Å². The first-order valence-corrected chi connectivity index (χ1v) is 7.15. The number of benzene rings is 1. The molecule has 1 aliphatic rings. The summed E-state index contributed by atoms with van der Waals surface area (Å²) in [5.74, 6) is 2.48. The molecular weight excluding hydrogens is 294 g/mol. The predicted octanol–water partition coefficient (Wildman–Crippen LogP) is 3.01. The van der Waals surface area contributed by atoms with Crippen LogP contribution < -0.4 is 14.8 Å². The van der Waals surface area contributed by atoms with Gasteiger partial charge in [0.05, 0.1) is 14.2 Å². The van der Waals surface area contributed by atoms with Crippen LogP contribution in [0.1, 0.15) is 18.4 Å². The van der Waals surface area contributed by atoms with Crippen LogP contribution in [0.4, 0.5) is 0 Å². The fraction of sp³-hybridized carbons (Fsp3) is 0.571. The third-order valence-corrected chi connectivity index (χ3v) is 4.29. The van der Waals surface area contributed by atoms with Crippen LogP contribution in [-0.2, 0) is 6.42 Å². The van der Waals surface area contributed by atoms with Crippen LogP contribution in [0, 0.1) is 5.92 Å². The van der Waals surface area contributed by atoms with Crippen molar-refractivity contribution in [1.82, 2.24) is 5.32 Å². The fourth-order valence-corrected chi connectivity index (χ4v) is 3.22. The molecule has 0 bridgehead atoms. The van der Waals surface area contributed by atoms with Gasteiger partial charge in [0.15, 0.2) is 0 Å². The highest BCUT2D eigenvalue weighted by Crippen LogP contribution is 2.38. The highest BCUT2D eigenvalue weighted by molar-refractivity contribution is 9.10. The number of halogens is 1. The lowest BCUT2D eigenvalue weighted by molar-refractivity contribution is 0.357. The maximum atomic E-state index is 5.52. The van der Waals surface area contributed by atoms with Gasteiger partial charge in [0, 0.05) is 0 Å². The topological polar surface area (TPSA) is 30.5 Å². The van der Waals surface area contributed by atoms with Crippen molar-refractivity contribution in [3.63, 3.8) is 0 Å². The van der Waals surface area contributed by atoms with Crippen LogP contribution >= 0.6 is 15.9 Å². The second-order valence-electron chi connectivity index (χ2n) is 4.67. The van der Waals surface area contributed by atoms with E-state index in [4.69, 9.17) is 9.47 Å². The molecule has 1 aromatic carbocycles. The molecular formula is C14H20BrNO2. The first-order valence-electron chi connectivity index (χ1n) is 6.36. The van der Waals surface area contributed by atoms with Gasteiger partial charge in [0.2, 0.25) is 0 Å². The van der Waals surface area contributed by atoms with Gasteiger partial charge in [-0.05, 0) is 65.8 Å². The lowest BCUT2D eigenvalue weighted by atomic mass is 9.90. The summed E-state index contributed by atoms with van der Waals surface area (Å²) in [7, 11) is 3.39. The largest absolute Gasteiger partial charge is 0.495 e. The van der Waals surface area contributed by atoms with Gasteiger partial charge in [-0.15, -0.1) is 0 Å². The minimum atomic E-state index is 0.750. The molecule has 100 valence electrons. The number of ether oxygens (including phenoxy) is 2. The Balaban J connectivity index is 2.18. The van der Waals surface area contributed by atoms with Gasteiger partial charge < -0.3 is 14.8 Å². The van der Waals surface area contributed by atoms with Gasteiger partial charge in [-0.3, -0.25) is 0 Å². The number of methoxy groups -OCH3 is 2. The zero-order valence-electron chi connectivity index (χ0n) is 11.0. The summed E-state index contributed by atoms with van der Waals surface area (Å²) in [6.07, 6.45) is 3.56. The summed E-state index contributed by atoms with van der Waals surface area (Å²) >= 11 is 3.55. The Bertz CT molecular complexity index is 403. The predicted molar refractivity (Wildman–Crippen MR) is 76.5 cm³/mol. The van der Waals surface area contributed by atoms with Gasteiger partial charge >= 0.3 is 0 Å². The summed E-state index contributed by atoms with van der Waals surface area (Å²) in [6, 6.07) is 4.12. The van der Waals surface area contributed by atoms with E-state index < -0.39 is 0 Å². The van der Waals surface area contributed by atoms with E-state index in [0.29, 0.717) is 0 Å². The van der Waals surface area contributed by atoms with Crippen molar-refractivity contribution in [3.05, 3.63) is 22.2 Å². The van der Waals surface area contributed by atoms with E-state index in [2.05, 4.69) is 27.3 Å². The monoisotopic (exact) mass is 313 g/mol. The Labute approximate surface area is 117 Å². The van der Waals surface area contributed by atoms with E-state index >= 15 is 0 Å². The molecule has 18 heavy (non-hydrogen) atoms. The van der Waals surface area contributed by atoms with E-state index in [0.717, 1.165) is 41.4 Å². The van der Waals surface area contributed by atoms with Crippen molar-refractivity contribution in [3.8, 4) is 11.5 Å². The normalized spacial score (nSPS) is 16.6. The molecule has 0 atom stereocenters. The van der Waals surface area contributed by atoms with Crippen LogP contribution in [-0.4, -0.2) is 27.3 Å². The van der Waals surface area contributed by atoms with Crippen molar-refractivity contribution >= 4 is 15.9 Å². The molecule has 1 aliphatic heterocycles. The Kier molecular flexibility index (Phi) is 4.89. The molecule has 1 N–H and O–H groups in total. The minimum absolute atomic E-state index is 0.750. The lowest BCUT2D eigenvalue weighted by Crippen LogP contribution is -2.28. The third-order valence-electron chi connectivity index (χ3n) is 3.53. The molecule has 4 heteroatoms. The molecule has 0 unspecified atom stereocenters. The van der Waals surface area contributed by atoms with E-state index in [1.54, 1.807) is 14.2 Å². The van der Waals surface area contributed by atoms with Crippen molar-refractivity contribution in [1.29, 1.82) is 0 Å². The first kappa shape index (κ1) is 13.7. The minimum Gasteiger partial charge on any atom is -0.495 e. The van der Waals surface area contributed by atoms with Crippen molar-refractivity contribution in [2.24, 2.45) is 5.92 Å². The van der Waals surface area contributed by atoms with Crippen LogP contribution in [0.2, 0.25) is 0 Å². The average Bonchev–Trinajstić information content (AvgIpc) is 2.40. The molecule has 2 rings (SSSR count). The molecule has 1 fully saturated rings. The van der Waals surface area contributed by atoms with Crippen LogP contribution in [0.25, 0.3) is 0 Å². The quantitative estimate of drug-likeness (QED) is 0.927. The third kappa shape index (κ3) is 2.98. The molecule has 0 spiro atoms. The van der Waals surface area contributed by atoms with E-state index in [1.807, 2.05) is 6.07 Å². The summed E-state index contributed by atoms with van der Waals surface area (Å²) in [4.78, 5) is 0. The van der Waals surface area contributed by atoms with E-state index in [9.17, 15) is 0 Å². The standard InChI is InChI=1S/C14H20BrNO2/c1-17-12-4-3-11(14(18-2)13(12)15)9-10-5-7-16-8-6-10/h3-4,10,16H,5-9H2,1-2H3. The maximum absolute atomic E-state index is 5.52. The summed E-state index contributed by atoms with van der Waals surface area (Å²) in [5.41, 5.74) is 1.26. The highest BCUT2D eigenvalue weighted by atomic mass is 79.9. The van der Waals surface area contributed by atoms with Crippen molar-refractivity contribution in [2.45, 2.75) is 19.3 Å². The molecule has 0 radical (unpaired) electrons. The van der Waals surface area contributed by atoms with Gasteiger partial charge in [0.25, 0.3) is 0 Å². The molecule has 0 aliphatic carbocycles. The molecule has 3 nitrogen and oxygen atoms in total. The number of piperidine rings is 1. The van der Waals surface area contributed by atoms with Gasteiger partial charge in [-0.1, -0.05) is 6.07 Å². The number of hydrogen-bond donors (Lipinski definition) is 1. The second-order valence-corrected chi connectivity index (χ2v) is 5.46. The summed E-state index contributed by atoms with van der Waals surface area (Å²) in [5, 5.41) is 3.40. The number of rotatable bonds is 4. The Morgan fingerprint density at radius 1 is 1.22 bits per heavy atom. The fourth-order valence-electron chi connectivity index (χ4n) is 2.51. The Morgan fingerprint density at radius 2 is 1.94 bits per heavy atom. The van der Waals surface area contributed by atoms with Gasteiger partial charge in [0.1, 0.15) is 16.0 Å². The molecule has 0 amide bonds. The molecule has 1 aromatic rings. The molecule has 0 saturated carbocycles. The highest BCUT2D eigenvalue weighted by Gasteiger charge is 2.18. The Morgan fingerprint density at radius 3 is 2.56 bits per heavy atom. The first-order chi connectivity index (χ1) is 8.76. The average molecular weight is 314 g/mol. The van der Waals surface area contributed by atoms with Gasteiger partial charge in [-0.25, -0.2) is 0 Å². The van der Waals surface area contributed by atoms with Crippen molar-refractivity contribution < 1.29 is 9.47 Å². The van der Waals surface area contributed by atoms with Crippen LogP contribution in [0.5, 0.6) is 11.5 Å². The van der Waals surface area contributed by atoms with Crippen LogP contribution in [0.3, 0.4) is 0 Å². The zero-order chi connectivity index (χ0) is 13.0. The zero-order valence-corrected chi connectivity index (χ0v) is 12.5. The Hall–Kier alpha value is -0.740. The number of hydrogen-bond acceptors (Lipinski definition) is 3. The van der Waals surface area contributed by atoms with E-state index in [1.165, 1.54) is 18.4 Å². The maximum Gasteiger partial charge on any atom is 0.140 e. The summed E-state index contributed by atoms with van der Waals surface area (Å²) in [6.45, 7) is 2.26. The lowest BCUT2D eigenvalue weighted by Gasteiger charge is -2.23. The molecule has 0 aromatic heterocycles. The molecule has 1 heterocycles. The van der Waals surface area contributed by atoms with Crippen LogP contribution in [0.15, 0.2) is 16.6 Å². The molecule has 1 saturated heterocycles.